The molecule has 0 radical (unpaired) electrons. The van der Waals surface area contributed by atoms with E-state index < -0.39 is 6.10 Å². The first kappa shape index (κ1) is 18.9. The van der Waals surface area contributed by atoms with Crippen LogP contribution in [-0.4, -0.2) is 23.5 Å². The van der Waals surface area contributed by atoms with Gasteiger partial charge in [0.25, 0.3) is 11.8 Å². The number of hydrogen-bond donors (Lipinski definition) is 2. The molecule has 1 aliphatic rings. The van der Waals surface area contributed by atoms with E-state index in [9.17, 15) is 14.7 Å². The van der Waals surface area contributed by atoms with E-state index in [4.69, 9.17) is 0 Å². The standard InChI is InChI=1S/C24H22N2O3/c1-16-6-2-3-7-19(16)23(28)25-18-12-10-17(11-13-18)24(29)26-15-14-22(27)20-8-4-5-9-21(20)26/h2-13,22,27H,14-15H2,1H3,(H,25,28). The average Bonchev–Trinajstić information content (AvgIpc) is 2.74. The molecule has 0 bridgehead atoms. The van der Waals surface area contributed by atoms with Gasteiger partial charge in [0.15, 0.2) is 0 Å². The lowest BCUT2D eigenvalue weighted by Crippen LogP contribution is -2.36. The van der Waals surface area contributed by atoms with Gasteiger partial charge >= 0.3 is 0 Å². The minimum atomic E-state index is -0.547. The number of aliphatic hydroxyl groups excluding tert-OH is 1. The Labute approximate surface area is 169 Å². The van der Waals surface area contributed by atoms with E-state index in [1.165, 1.54) is 0 Å². The van der Waals surface area contributed by atoms with Gasteiger partial charge in [-0.15, -0.1) is 0 Å². The number of hydrogen-bond acceptors (Lipinski definition) is 3. The van der Waals surface area contributed by atoms with E-state index in [-0.39, 0.29) is 11.8 Å². The summed E-state index contributed by atoms with van der Waals surface area (Å²) >= 11 is 0. The summed E-state index contributed by atoms with van der Waals surface area (Å²) in [6.45, 7) is 2.35. The van der Waals surface area contributed by atoms with Gasteiger partial charge in [-0.3, -0.25) is 9.59 Å². The average molecular weight is 386 g/mol. The summed E-state index contributed by atoms with van der Waals surface area (Å²) in [4.78, 5) is 27.2. The van der Waals surface area contributed by atoms with Gasteiger partial charge in [0.05, 0.1) is 6.10 Å². The molecule has 0 saturated heterocycles. The Hall–Kier alpha value is -3.44. The second-order valence-electron chi connectivity index (χ2n) is 7.17. The third kappa shape index (κ3) is 3.77. The first-order chi connectivity index (χ1) is 14.0. The molecule has 0 saturated carbocycles. The molecule has 5 heteroatoms. The van der Waals surface area contributed by atoms with Crippen molar-refractivity contribution in [1.82, 2.24) is 0 Å². The zero-order valence-corrected chi connectivity index (χ0v) is 16.1. The summed E-state index contributed by atoms with van der Waals surface area (Å²) in [5.74, 6) is -0.303. The van der Waals surface area contributed by atoms with Crippen molar-refractivity contribution in [2.45, 2.75) is 19.4 Å². The highest BCUT2D eigenvalue weighted by Gasteiger charge is 2.27. The van der Waals surface area contributed by atoms with Crippen molar-refractivity contribution in [3.05, 3.63) is 95.1 Å². The van der Waals surface area contributed by atoms with Crippen LogP contribution in [0.4, 0.5) is 11.4 Å². The molecule has 0 spiro atoms. The first-order valence-corrected chi connectivity index (χ1v) is 9.60. The quantitative estimate of drug-likeness (QED) is 0.704. The molecule has 0 aliphatic carbocycles. The highest BCUT2D eigenvalue weighted by molar-refractivity contribution is 6.08. The molecular formula is C24H22N2O3. The van der Waals surface area contributed by atoms with Crippen LogP contribution < -0.4 is 10.2 Å². The number of carbonyl (C=O) groups excluding carboxylic acids is 2. The highest BCUT2D eigenvalue weighted by atomic mass is 16.3. The molecular weight excluding hydrogens is 364 g/mol. The fourth-order valence-electron chi connectivity index (χ4n) is 3.63. The lowest BCUT2D eigenvalue weighted by Gasteiger charge is -2.32. The van der Waals surface area contributed by atoms with Gasteiger partial charge in [-0.1, -0.05) is 36.4 Å². The van der Waals surface area contributed by atoms with Crippen LogP contribution in [0.5, 0.6) is 0 Å². The second-order valence-corrected chi connectivity index (χ2v) is 7.17. The monoisotopic (exact) mass is 386 g/mol. The molecule has 1 atom stereocenters. The van der Waals surface area contributed by atoms with Gasteiger partial charge in [0.1, 0.15) is 0 Å². The van der Waals surface area contributed by atoms with E-state index in [1.807, 2.05) is 49.4 Å². The summed E-state index contributed by atoms with van der Waals surface area (Å²) < 4.78 is 0. The number of anilines is 2. The lowest BCUT2D eigenvalue weighted by atomic mass is 9.98. The Morgan fingerprint density at radius 2 is 1.66 bits per heavy atom. The maximum atomic E-state index is 13.0. The van der Waals surface area contributed by atoms with Crippen LogP contribution in [0.1, 0.15) is 44.4 Å². The number of carbonyl (C=O) groups is 2. The highest BCUT2D eigenvalue weighted by Crippen LogP contribution is 2.34. The van der Waals surface area contributed by atoms with Gasteiger partial charge in [0, 0.05) is 34.6 Å². The Kier molecular flexibility index (Phi) is 5.14. The second kappa shape index (κ2) is 7.89. The maximum Gasteiger partial charge on any atom is 0.258 e. The SMILES string of the molecule is Cc1ccccc1C(=O)Nc1ccc(C(=O)N2CCC(O)c3ccccc32)cc1. The molecule has 3 aromatic carbocycles. The van der Waals surface area contributed by atoms with Gasteiger partial charge in [-0.05, 0) is 55.3 Å². The Bertz CT molecular complexity index is 1060. The number of para-hydroxylation sites is 1. The molecule has 2 amide bonds. The van der Waals surface area contributed by atoms with Crippen molar-refractivity contribution < 1.29 is 14.7 Å². The summed E-state index contributed by atoms with van der Waals surface area (Å²) in [5.41, 5.74) is 4.20. The molecule has 4 rings (SSSR count). The zero-order chi connectivity index (χ0) is 20.4. The lowest BCUT2D eigenvalue weighted by molar-refractivity contribution is 0.0969. The molecule has 1 heterocycles. The third-order valence-electron chi connectivity index (χ3n) is 5.24. The normalized spacial score (nSPS) is 15.5. The van der Waals surface area contributed by atoms with Gasteiger partial charge in [-0.25, -0.2) is 0 Å². The van der Waals surface area contributed by atoms with E-state index in [0.717, 1.165) is 16.8 Å². The largest absolute Gasteiger partial charge is 0.388 e. The van der Waals surface area contributed by atoms with Gasteiger partial charge < -0.3 is 15.3 Å². The predicted octanol–water partition coefficient (Wildman–Crippen LogP) is 4.33. The topological polar surface area (TPSA) is 69.6 Å². The van der Waals surface area contributed by atoms with Crippen molar-refractivity contribution >= 4 is 23.2 Å². The van der Waals surface area contributed by atoms with Crippen molar-refractivity contribution in [1.29, 1.82) is 0 Å². The van der Waals surface area contributed by atoms with Gasteiger partial charge in [-0.2, -0.15) is 0 Å². The van der Waals surface area contributed by atoms with Crippen LogP contribution in [-0.2, 0) is 0 Å². The van der Waals surface area contributed by atoms with Crippen molar-refractivity contribution in [3.8, 4) is 0 Å². The number of aliphatic hydroxyl groups is 1. The van der Waals surface area contributed by atoms with E-state index in [1.54, 1.807) is 35.2 Å². The molecule has 0 aromatic heterocycles. The molecule has 3 aromatic rings. The molecule has 29 heavy (non-hydrogen) atoms. The molecule has 146 valence electrons. The van der Waals surface area contributed by atoms with Crippen molar-refractivity contribution in [3.63, 3.8) is 0 Å². The van der Waals surface area contributed by atoms with Gasteiger partial charge in [0.2, 0.25) is 0 Å². The van der Waals surface area contributed by atoms with Crippen LogP contribution in [0.25, 0.3) is 0 Å². The first-order valence-electron chi connectivity index (χ1n) is 9.60. The smallest absolute Gasteiger partial charge is 0.258 e. The number of rotatable bonds is 3. The summed E-state index contributed by atoms with van der Waals surface area (Å²) in [6, 6.07) is 21.7. The van der Waals surface area contributed by atoms with Crippen molar-refractivity contribution in [2.24, 2.45) is 0 Å². The van der Waals surface area contributed by atoms with Crippen molar-refractivity contribution in [2.75, 3.05) is 16.8 Å². The minimum absolute atomic E-state index is 0.124. The minimum Gasteiger partial charge on any atom is -0.388 e. The van der Waals surface area contributed by atoms with Crippen LogP contribution >= 0.6 is 0 Å². The number of amides is 2. The summed E-state index contributed by atoms with van der Waals surface area (Å²) in [6.07, 6.45) is -0.0397. The number of aryl methyl sites for hydroxylation is 1. The van der Waals surface area contributed by atoms with E-state index in [2.05, 4.69) is 5.32 Å². The van der Waals surface area contributed by atoms with Crippen LogP contribution in [0.15, 0.2) is 72.8 Å². The van der Waals surface area contributed by atoms with Crippen LogP contribution in [0, 0.1) is 6.92 Å². The van der Waals surface area contributed by atoms with E-state index >= 15 is 0 Å². The molecule has 5 nitrogen and oxygen atoms in total. The number of benzene rings is 3. The third-order valence-corrected chi connectivity index (χ3v) is 5.24. The Morgan fingerprint density at radius 1 is 0.966 bits per heavy atom. The number of nitrogens with zero attached hydrogens (tertiary/aromatic N) is 1. The van der Waals surface area contributed by atoms with Crippen LogP contribution in [0.2, 0.25) is 0 Å². The molecule has 2 N–H and O–H groups in total. The Morgan fingerprint density at radius 3 is 2.41 bits per heavy atom. The summed E-state index contributed by atoms with van der Waals surface area (Å²) in [5, 5.41) is 13.1. The molecule has 1 unspecified atom stereocenters. The number of fused-ring (bicyclic) bond motifs is 1. The van der Waals surface area contributed by atoms with E-state index in [0.29, 0.717) is 29.8 Å². The van der Waals surface area contributed by atoms with Crippen LogP contribution in [0.3, 0.4) is 0 Å². The zero-order valence-electron chi connectivity index (χ0n) is 16.1. The fraction of sp³-hybridized carbons (Fsp3) is 0.167. The Balaban J connectivity index is 1.51. The molecule has 0 fully saturated rings. The summed E-state index contributed by atoms with van der Waals surface area (Å²) in [7, 11) is 0. The predicted molar refractivity (Wildman–Crippen MR) is 113 cm³/mol. The molecule has 1 aliphatic heterocycles. The maximum absolute atomic E-state index is 13.0. The number of nitrogens with one attached hydrogen (secondary N) is 1. The fourth-order valence-corrected chi connectivity index (χ4v) is 3.63.